The van der Waals surface area contributed by atoms with Crippen LogP contribution in [0.1, 0.15) is 30.9 Å². The molecule has 1 atom stereocenters. The Hall–Kier alpha value is -1.75. The first kappa shape index (κ1) is 19.0. The Morgan fingerprint density at radius 3 is 2.73 bits per heavy atom. The van der Waals surface area contributed by atoms with E-state index in [2.05, 4.69) is 11.4 Å². The normalized spacial score (nSPS) is 16.6. The highest BCUT2D eigenvalue weighted by Crippen LogP contribution is 2.32. The SMILES string of the molecule is CCOc1cccc(CNCC2CCCO2)c1OCc1ccccc1Cl. The van der Waals surface area contributed by atoms with Crippen molar-refractivity contribution in [2.45, 2.75) is 39.0 Å². The molecule has 0 aliphatic carbocycles. The van der Waals surface area contributed by atoms with Gasteiger partial charge in [-0.15, -0.1) is 0 Å². The van der Waals surface area contributed by atoms with Crippen molar-refractivity contribution in [3.05, 3.63) is 58.6 Å². The molecular weight excluding hydrogens is 350 g/mol. The van der Waals surface area contributed by atoms with E-state index in [4.69, 9.17) is 25.8 Å². The molecule has 140 valence electrons. The van der Waals surface area contributed by atoms with E-state index in [0.29, 0.717) is 30.9 Å². The lowest BCUT2D eigenvalue weighted by Gasteiger charge is -2.17. The number of benzene rings is 2. The fraction of sp³-hybridized carbons (Fsp3) is 0.429. The lowest BCUT2D eigenvalue weighted by atomic mass is 10.1. The fourth-order valence-electron chi connectivity index (χ4n) is 3.07. The minimum atomic E-state index is 0.317. The third-order valence-corrected chi connectivity index (χ3v) is 4.77. The first-order valence-corrected chi connectivity index (χ1v) is 9.59. The van der Waals surface area contributed by atoms with Gasteiger partial charge in [0.25, 0.3) is 0 Å². The second kappa shape index (κ2) is 9.81. The van der Waals surface area contributed by atoms with E-state index < -0.39 is 0 Å². The maximum Gasteiger partial charge on any atom is 0.166 e. The summed E-state index contributed by atoms with van der Waals surface area (Å²) in [5.41, 5.74) is 2.03. The van der Waals surface area contributed by atoms with Gasteiger partial charge in [-0.1, -0.05) is 41.9 Å². The van der Waals surface area contributed by atoms with Gasteiger partial charge in [0, 0.05) is 35.8 Å². The molecule has 0 saturated carbocycles. The van der Waals surface area contributed by atoms with Gasteiger partial charge in [-0.3, -0.25) is 0 Å². The second-order valence-electron chi connectivity index (χ2n) is 6.32. The average Bonchev–Trinajstić information content (AvgIpc) is 3.16. The molecule has 0 radical (unpaired) electrons. The lowest BCUT2D eigenvalue weighted by molar-refractivity contribution is 0.110. The van der Waals surface area contributed by atoms with Gasteiger partial charge < -0.3 is 19.5 Å². The second-order valence-corrected chi connectivity index (χ2v) is 6.73. The quantitative estimate of drug-likeness (QED) is 0.696. The van der Waals surface area contributed by atoms with Crippen LogP contribution in [-0.4, -0.2) is 25.9 Å². The molecule has 1 saturated heterocycles. The number of rotatable bonds is 9. The van der Waals surface area contributed by atoms with Crippen LogP contribution < -0.4 is 14.8 Å². The van der Waals surface area contributed by atoms with Crippen LogP contribution in [0.2, 0.25) is 5.02 Å². The zero-order chi connectivity index (χ0) is 18.2. The maximum absolute atomic E-state index is 6.25. The molecule has 2 aromatic carbocycles. The van der Waals surface area contributed by atoms with E-state index in [1.165, 1.54) is 0 Å². The molecule has 26 heavy (non-hydrogen) atoms. The Morgan fingerprint density at radius 1 is 1.12 bits per heavy atom. The summed E-state index contributed by atoms with van der Waals surface area (Å²) < 4.78 is 17.6. The summed E-state index contributed by atoms with van der Waals surface area (Å²) in [5, 5.41) is 4.18. The number of ether oxygens (including phenoxy) is 3. The first-order chi connectivity index (χ1) is 12.8. The molecule has 2 aromatic rings. The molecular formula is C21H26ClNO3. The summed E-state index contributed by atoms with van der Waals surface area (Å²) in [5.74, 6) is 1.53. The fourth-order valence-corrected chi connectivity index (χ4v) is 3.26. The third kappa shape index (κ3) is 5.13. The standard InChI is InChI=1S/C21H26ClNO3/c1-2-24-20-11-5-8-16(13-23-14-18-9-6-12-25-18)21(20)26-15-17-7-3-4-10-19(17)22/h3-5,7-8,10-11,18,23H,2,6,9,12-15H2,1H3. The monoisotopic (exact) mass is 375 g/mol. The van der Waals surface area contributed by atoms with Crippen molar-refractivity contribution in [1.82, 2.24) is 5.32 Å². The van der Waals surface area contributed by atoms with Gasteiger partial charge in [0.1, 0.15) is 6.61 Å². The van der Waals surface area contributed by atoms with Crippen molar-refractivity contribution in [3.8, 4) is 11.5 Å². The number of nitrogens with one attached hydrogen (secondary N) is 1. The minimum Gasteiger partial charge on any atom is -0.490 e. The molecule has 1 N–H and O–H groups in total. The van der Waals surface area contributed by atoms with Crippen molar-refractivity contribution < 1.29 is 14.2 Å². The lowest BCUT2D eigenvalue weighted by Crippen LogP contribution is -2.26. The van der Waals surface area contributed by atoms with E-state index in [-0.39, 0.29) is 0 Å². The molecule has 1 aliphatic rings. The summed E-state index contributed by atoms with van der Waals surface area (Å²) >= 11 is 6.25. The van der Waals surface area contributed by atoms with Crippen LogP contribution in [0, 0.1) is 0 Å². The van der Waals surface area contributed by atoms with Crippen LogP contribution in [-0.2, 0) is 17.9 Å². The maximum atomic E-state index is 6.25. The van der Waals surface area contributed by atoms with Crippen molar-refractivity contribution in [2.24, 2.45) is 0 Å². The summed E-state index contributed by atoms with van der Waals surface area (Å²) in [6, 6.07) is 13.7. The Morgan fingerprint density at radius 2 is 1.96 bits per heavy atom. The summed E-state index contributed by atoms with van der Waals surface area (Å²) in [4.78, 5) is 0. The van der Waals surface area contributed by atoms with Crippen molar-refractivity contribution >= 4 is 11.6 Å². The van der Waals surface area contributed by atoms with Crippen LogP contribution >= 0.6 is 11.6 Å². The predicted molar refractivity (Wildman–Crippen MR) is 104 cm³/mol. The van der Waals surface area contributed by atoms with E-state index in [0.717, 1.165) is 48.6 Å². The van der Waals surface area contributed by atoms with E-state index >= 15 is 0 Å². The molecule has 1 heterocycles. The van der Waals surface area contributed by atoms with Crippen LogP contribution in [0.4, 0.5) is 0 Å². The van der Waals surface area contributed by atoms with Crippen LogP contribution in [0.3, 0.4) is 0 Å². The van der Waals surface area contributed by atoms with Crippen molar-refractivity contribution in [2.75, 3.05) is 19.8 Å². The minimum absolute atomic E-state index is 0.317. The van der Waals surface area contributed by atoms with Gasteiger partial charge in [0.2, 0.25) is 0 Å². The highest BCUT2D eigenvalue weighted by Gasteiger charge is 2.16. The molecule has 4 nitrogen and oxygen atoms in total. The number of hydrogen-bond acceptors (Lipinski definition) is 4. The number of para-hydroxylation sites is 1. The smallest absolute Gasteiger partial charge is 0.166 e. The van der Waals surface area contributed by atoms with E-state index in [9.17, 15) is 0 Å². The number of halogens is 1. The van der Waals surface area contributed by atoms with E-state index in [1.54, 1.807) is 0 Å². The highest BCUT2D eigenvalue weighted by atomic mass is 35.5. The van der Waals surface area contributed by atoms with Gasteiger partial charge in [-0.2, -0.15) is 0 Å². The Bertz CT molecular complexity index is 701. The van der Waals surface area contributed by atoms with Crippen molar-refractivity contribution in [3.63, 3.8) is 0 Å². The molecule has 1 fully saturated rings. The zero-order valence-corrected chi connectivity index (χ0v) is 15.9. The van der Waals surface area contributed by atoms with Gasteiger partial charge in [-0.25, -0.2) is 0 Å². The molecule has 1 aliphatic heterocycles. The van der Waals surface area contributed by atoms with E-state index in [1.807, 2.05) is 43.3 Å². The first-order valence-electron chi connectivity index (χ1n) is 9.21. The molecule has 0 spiro atoms. The van der Waals surface area contributed by atoms with Crippen LogP contribution in [0.5, 0.6) is 11.5 Å². The van der Waals surface area contributed by atoms with Crippen molar-refractivity contribution in [1.29, 1.82) is 0 Å². The van der Waals surface area contributed by atoms with Crippen LogP contribution in [0.25, 0.3) is 0 Å². The third-order valence-electron chi connectivity index (χ3n) is 4.40. The Kier molecular flexibility index (Phi) is 7.18. The average molecular weight is 376 g/mol. The van der Waals surface area contributed by atoms with Crippen LogP contribution in [0.15, 0.2) is 42.5 Å². The molecule has 3 rings (SSSR count). The summed E-state index contributed by atoms with van der Waals surface area (Å²) in [7, 11) is 0. The Balaban J connectivity index is 1.68. The molecule has 0 aromatic heterocycles. The molecule has 0 amide bonds. The summed E-state index contributed by atoms with van der Waals surface area (Å²) in [6.45, 7) is 5.40. The Labute approximate surface area is 160 Å². The molecule has 5 heteroatoms. The molecule has 0 bridgehead atoms. The van der Waals surface area contributed by atoms with Gasteiger partial charge in [0.05, 0.1) is 12.7 Å². The largest absolute Gasteiger partial charge is 0.490 e. The highest BCUT2D eigenvalue weighted by molar-refractivity contribution is 6.31. The summed E-state index contributed by atoms with van der Waals surface area (Å²) in [6.07, 6.45) is 2.60. The number of hydrogen-bond donors (Lipinski definition) is 1. The zero-order valence-electron chi connectivity index (χ0n) is 15.2. The molecule has 1 unspecified atom stereocenters. The predicted octanol–water partition coefficient (Wildman–Crippen LogP) is 4.59. The topological polar surface area (TPSA) is 39.7 Å². The van der Waals surface area contributed by atoms with Gasteiger partial charge in [-0.05, 0) is 31.9 Å². The van der Waals surface area contributed by atoms with Gasteiger partial charge in [0.15, 0.2) is 11.5 Å². The van der Waals surface area contributed by atoms with Gasteiger partial charge >= 0.3 is 0 Å².